The third-order valence-electron chi connectivity index (χ3n) is 6.49. The van der Waals surface area contributed by atoms with Crippen LogP contribution in [0.1, 0.15) is 46.6 Å². The van der Waals surface area contributed by atoms with Crippen LogP contribution in [0.4, 0.5) is 0 Å². The number of carbonyl (C=O) groups is 2. The Kier molecular flexibility index (Phi) is 7.49. The minimum absolute atomic E-state index is 0.0233. The molecule has 2 N–H and O–H groups in total. The second kappa shape index (κ2) is 10.7. The molecule has 0 atom stereocenters. The quantitative estimate of drug-likeness (QED) is 0.629. The third-order valence-corrected chi connectivity index (χ3v) is 6.49. The lowest BCUT2D eigenvalue weighted by atomic mass is 10.0. The van der Waals surface area contributed by atoms with E-state index in [-0.39, 0.29) is 18.2 Å². The second-order valence-electron chi connectivity index (χ2n) is 8.61. The number of methoxy groups -OCH3 is 2. The fourth-order valence-corrected chi connectivity index (χ4v) is 4.58. The molecule has 1 saturated heterocycles. The molecule has 0 bridgehead atoms. The average molecular weight is 456 g/mol. The number of nitrogens with zero attached hydrogens (tertiary/aromatic N) is 3. The second-order valence-corrected chi connectivity index (χ2v) is 8.61. The Hall–Kier alpha value is -3.07. The van der Waals surface area contributed by atoms with Crippen molar-refractivity contribution in [3.8, 4) is 11.5 Å². The zero-order valence-electron chi connectivity index (χ0n) is 19.5. The molecule has 33 heavy (non-hydrogen) atoms. The van der Waals surface area contributed by atoms with Crippen molar-refractivity contribution in [3.63, 3.8) is 0 Å². The summed E-state index contributed by atoms with van der Waals surface area (Å²) in [4.78, 5) is 30.0. The Balaban J connectivity index is 1.37. The number of aromatic nitrogens is 2. The maximum atomic E-state index is 13.1. The number of benzene rings is 1. The van der Waals surface area contributed by atoms with Gasteiger partial charge in [-0.1, -0.05) is 6.42 Å². The van der Waals surface area contributed by atoms with Crippen LogP contribution in [0.2, 0.25) is 0 Å². The van der Waals surface area contributed by atoms with E-state index < -0.39 is 0 Å². The predicted molar refractivity (Wildman–Crippen MR) is 124 cm³/mol. The number of hydrogen-bond acceptors (Lipinski definition) is 6. The van der Waals surface area contributed by atoms with Crippen molar-refractivity contribution in [2.24, 2.45) is 0 Å². The predicted octanol–water partition coefficient (Wildman–Crippen LogP) is 1.77. The Bertz CT molecular complexity index is 983. The Morgan fingerprint density at radius 2 is 1.94 bits per heavy atom. The smallest absolute Gasteiger partial charge is 0.272 e. The minimum Gasteiger partial charge on any atom is -0.497 e. The van der Waals surface area contributed by atoms with Crippen molar-refractivity contribution in [2.75, 3.05) is 46.9 Å². The number of rotatable bonds is 8. The van der Waals surface area contributed by atoms with E-state index in [1.54, 1.807) is 25.2 Å². The molecule has 1 aromatic heterocycles. The van der Waals surface area contributed by atoms with E-state index >= 15 is 0 Å². The lowest BCUT2D eigenvalue weighted by Crippen LogP contribution is -2.39. The maximum absolute atomic E-state index is 13.1. The number of fused-ring (bicyclic) bond motifs is 1. The zero-order chi connectivity index (χ0) is 23.2. The van der Waals surface area contributed by atoms with E-state index in [1.807, 2.05) is 12.1 Å². The summed E-state index contributed by atoms with van der Waals surface area (Å²) >= 11 is 0. The maximum Gasteiger partial charge on any atom is 0.272 e. The number of aromatic amines is 1. The molecule has 0 unspecified atom stereocenters. The molecular weight excluding hydrogens is 422 g/mol. The van der Waals surface area contributed by atoms with Gasteiger partial charge in [0.1, 0.15) is 11.5 Å². The van der Waals surface area contributed by atoms with Crippen molar-refractivity contribution in [3.05, 3.63) is 40.7 Å². The van der Waals surface area contributed by atoms with Gasteiger partial charge in [0.05, 0.1) is 20.6 Å². The number of piperidine rings is 1. The van der Waals surface area contributed by atoms with Crippen molar-refractivity contribution in [1.82, 2.24) is 25.3 Å². The van der Waals surface area contributed by atoms with Gasteiger partial charge in [-0.05, 0) is 44.1 Å². The molecule has 4 rings (SSSR count). The standard InChI is InChI=1S/C24H33N5O4/c1-32-18-6-7-21(33-2)17(14-18)15-22(30)29-12-8-20-19(16-29)23(27-26-20)24(31)25-9-13-28-10-4-3-5-11-28/h6-7,14H,3-5,8-13,15-16H2,1-2H3,(H,25,31)(H,26,27). The Morgan fingerprint density at radius 3 is 2.70 bits per heavy atom. The van der Waals surface area contributed by atoms with Crippen molar-refractivity contribution in [2.45, 2.75) is 38.6 Å². The Morgan fingerprint density at radius 1 is 1.12 bits per heavy atom. The zero-order valence-corrected chi connectivity index (χ0v) is 19.5. The lowest BCUT2D eigenvalue weighted by Gasteiger charge is -2.28. The van der Waals surface area contributed by atoms with Crippen LogP contribution >= 0.6 is 0 Å². The molecule has 178 valence electrons. The summed E-state index contributed by atoms with van der Waals surface area (Å²) in [6.07, 6.45) is 4.59. The highest BCUT2D eigenvalue weighted by atomic mass is 16.5. The summed E-state index contributed by atoms with van der Waals surface area (Å²) < 4.78 is 10.7. The molecule has 2 amide bonds. The summed E-state index contributed by atoms with van der Waals surface area (Å²) in [6.45, 7) is 4.60. The topological polar surface area (TPSA) is 99.8 Å². The van der Waals surface area contributed by atoms with Gasteiger partial charge in [-0.25, -0.2) is 0 Å². The van der Waals surface area contributed by atoms with Gasteiger partial charge in [-0.15, -0.1) is 0 Å². The number of hydrogen-bond donors (Lipinski definition) is 2. The molecule has 9 heteroatoms. The van der Waals surface area contributed by atoms with Crippen LogP contribution in [-0.4, -0.2) is 78.8 Å². The molecule has 0 saturated carbocycles. The summed E-state index contributed by atoms with van der Waals surface area (Å²) in [6, 6.07) is 5.44. The first-order valence-electron chi connectivity index (χ1n) is 11.6. The molecule has 2 aromatic rings. The third kappa shape index (κ3) is 5.47. The Labute approximate surface area is 194 Å². The van der Waals surface area contributed by atoms with Gasteiger partial charge in [-0.2, -0.15) is 5.10 Å². The highest BCUT2D eigenvalue weighted by molar-refractivity contribution is 5.94. The molecule has 0 aliphatic carbocycles. The van der Waals surface area contributed by atoms with E-state index in [0.29, 0.717) is 43.2 Å². The van der Waals surface area contributed by atoms with Gasteiger partial charge in [0.15, 0.2) is 5.69 Å². The van der Waals surface area contributed by atoms with Crippen molar-refractivity contribution >= 4 is 11.8 Å². The number of H-pyrrole nitrogens is 1. The van der Waals surface area contributed by atoms with Crippen LogP contribution in [0.5, 0.6) is 11.5 Å². The summed E-state index contributed by atoms with van der Waals surface area (Å²) in [7, 11) is 3.18. The number of amides is 2. The van der Waals surface area contributed by atoms with Crippen molar-refractivity contribution in [1.29, 1.82) is 0 Å². The first-order chi connectivity index (χ1) is 16.1. The van der Waals surface area contributed by atoms with Gasteiger partial charge < -0.3 is 24.6 Å². The number of ether oxygens (including phenoxy) is 2. The van der Waals surface area contributed by atoms with Gasteiger partial charge in [-0.3, -0.25) is 14.7 Å². The van der Waals surface area contributed by atoms with Crippen molar-refractivity contribution < 1.29 is 19.1 Å². The highest BCUT2D eigenvalue weighted by Gasteiger charge is 2.28. The van der Waals surface area contributed by atoms with Crippen LogP contribution in [0, 0.1) is 0 Å². The van der Waals surface area contributed by atoms with Crippen LogP contribution in [-0.2, 0) is 24.2 Å². The normalized spacial score (nSPS) is 16.2. The van der Waals surface area contributed by atoms with E-state index in [4.69, 9.17) is 9.47 Å². The largest absolute Gasteiger partial charge is 0.497 e. The molecule has 0 radical (unpaired) electrons. The van der Waals surface area contributed by atoms with Gasteiger partial charge >= 0.3 is 0 Å². The molecule has 1 fully saturated rings. The van der Waals surface area contributed by atoms with Crippen LogP contribution in [0.15, 0.2) is 18.2 Å². The average Bonchev–Trinajstić information content (AvgIpc) is 3.28. The highest BCUT2D eigenvalue weighted by Crippen LogP contribution is 2.26. The molecular formula is C24H33N5O4. The molecule has 1 aromatic carbocycles. The van der Waals surface area contributed by atoms with Crippen LogP contribution in [0.3, 0.4) is 0 Å². The van der Waals surface area contributed by atoms with E-state index in [1.165, 1.54) is 19.3 Å². The van der Waals surface area contributed by atoms with Crippen LogP contribution < -0.4 is 14.8 Å². The first-order valence-corrected chi connectivity index (χ1v) is 11.6. The lowest BCUT2D eigenvalue weighted by molar-refractivity contribution is -0.131. The fraction of sp³-hybridized carbons (Fsp3) is 0.542. The van der Waals surface area contributed by atoms with E-state index in [0.717, 1.165) is 36.5 Å². The van der Waals surface area contributed by atoms with Gasteiger partial charge in [0.25, 0.3) is 5.91 Å². The first kappa shape index (κ1) is 23.1. The molecule has 2 aliphatic rings. The number of nitrogens with one attached hydrogen (secondary N) is 2. The molecule has 9 nitrogen and oxygen atoms in total. The monoisotopic (exact) mass is 455 g/mol. The van der Waals surface area contributed by atoms with E-state index in [9.17, 15) is 9.59 Å². The summed E-state index contributed by atoms with van der Waals surface area (Å²) in [5.41, 5.74) is 2.90. The summed E-state index contributed by atoms with van der Waals surface area (Å²) in [5.74, 6) is 1.12. The molecule has 3 heterocycles. The number of carbonyl (C=O) groups excluding carboxylic acids is 2. The fourth-order valence-electron chi connectivity index (χ4n) is 4.58. The molecule has 0 spiro atoms. The van der Waals surface area contributed by atoms with Gasteiger partial charge in [0, 0.05) is 49.4 Å². The van der Waals surface area contributed by atoms with E-state index in [2.05, 4.69) is 20.4 Å². The minimum atomic E-state index is -0.187. The molecule has 2 aliphatic heterocycles. The van der Waals surface area contributed by atoms with Crippen LogP contribution in [0.25, 0.3) is 0 Å². The number of likely N-dealkylation sites (tertiary alicyclic amines) is 1. The SMILES string of the molecule is COc1ccc(OC)c(CC(=O)N2CCc3[nH]nc(C(=O)NCCN4CCCCC4)c3C2)c1. The van der Waals surface area contributed by atoms with Gasteiger partial charge in [0.2, 0.25) is 5.91 Å². The summed E-state index contributed by atoms with van der Waals surface area (Å²) in [5, 5.41) is 10.3.